The molecule has 0 radical (unpaired) electrons. The third-order valence-corrected chi connectivity index (χ3v) is 2.05. The fourth-order valence-electron chi connectivity index (χ4n) is 1.17. The molecule has 0 aliphatic carbocycles. The van der Waals surface area contributed by atoms with Crippen molar-refractivity contribution in [3.8, 4) is 12.3 Å². The van der Waals surface area contributed by atoms with E-state index in [1.165, 1.54) is 0 Å². The molecule has 0 aromatic carbocycles. The van der Waals surface area contributed by atoms with Crippen molar-refractivity contribution >= 4 is 5.91 Å². The molecule has 86 valence electrons. The molecule has 0 fully saturated rings. The van der Waals surface area contributed by atoms with E-state index in [9.17, 15) is 4.79 Å². The number of carbonyl (C=O) groups is 1. The van der Waals surface area contributed by atoms with Gasteiger partial charge in [0, 0.05) is 19.8 Å². The highest BCUT2D eigenvalue weighted by molar-refractivity contribution is 5.81. The summed E-state index contributed by atoms with van der Waals surface area (Å²) in [6.07, 6.45) is 5.92. The van der Waals surface area contributed by atoms with Crippen LogP contribution < -0.4 is 10.6 Å². The van der Waals surface area contributed by atoms with Gasteiger partial charge in [-0.25, -0.2) is 0 Å². The Morgan fingerprint density at radius 1 is 1.53 bits per heavy atom. The maximum absolute atomic E-state index is 11.4. The lowest BCUT2D eigenvalue weighted by Gasteiger charge is -2.18. The summed E-state index contributed by atoms with van der Waals surface area (Å²) in [6.45, 7) is 4.79. The first-order valence-electron chi connectivity index (χ1n) is 5.08. The number of carbonyl (C=O) groups excluding carboxylic acids is 1. The van der Waals surface area contributed by atoms with Crippen LogP contribution in [0.25, 0.3) is 0 Å². The average Bonchev–Trinajstić information content (AvgIpc) is 2.22. The van der Waals surface area contributed by atoms with E-state index in [2.05, 4.69) is 16.6 Å². The zero-order valence-electron chi connectivity index (χ0n) is 9.67. The smallest absolute Gasteiger partial charge is 0.237 e. The van der Waals surface area contributed by atoms with Gasteiger partial charge in [0.25, 0.3) is 0 Å². The fourth-order valence-corrected chi connectivity index (χ4v) is 1.17. The van der Waals surface area contributed by atoms with Gasteiger partial charge in [0.05, 0.1) is 12.6 Å². The zero-order valence-corrected chi connectivity index (χ0v) is 9.67. The molecule has 0 aliphatic rings. The Hall–Kier alpha value is -1.05. The Morgan fingerprint density at radius 3 is 2.73 bits per heavy atom. The third kappa shape index (κ3) is 6.95. The minimum Gasteiger partial charge on any atom is -0.385 e. The van der Waals surface area contributed by atoms with Crippen LogP contribution in [0.2, 0.25) is 0 Å². The van der Waals surface area contributed by atoms with Gasteiger partial charge in [-0.15, -0.1) is 6.42 Å². The number of hydrogen-bond acceptors (Lipinski definition) is 3. The number of ether oxygens (including phenoxy) is 1. The summed E-state index contributed by atoms with van der Waals surface area (Å²) in [5.41, 5.74) is 0. The van der Waals surface area contributed by atoms with Crippen LogP contribution in [0.5, 0.6) is 0 Å². The van der Waals surface area contributed by atoms with Gasteiger partial charge in [-0.2, -0.15) is 0 Å². The number of amides is 1. The summed E-state index contributed by atoms with van der Waals surface area (Å²) in [5.74, 6) is 2.29. The molecule has 0 saturated heterocycles. The minimum absolute atomic E-state index is 0.0720. The highest BCUT2D eigenvalue weighted by Gasteiger charge is 2.13. The topological polar surface area (TPSA) is 50.4 Å². The number of terminal acetylenes is 1. The molecule has 0 aromatic heterocycles. The van der Waals surface area contributed by atoms with Gasteiger partial charge in [-0.05, 0) is 20.3 Å². The SMILES string of the molecule is C#CCNC(=O)C(C)NC(C)CCOC. The van der Waals surface area contributed by atoms with Crippen molar-refractivity contribution in [2.45, 2.75) is 32.4 Å². The molecule has 0 aliphatic heterocycles. The molecule has 15 heavy (non-hydrogen) atoms. The summed E-state index contributed by atoms with van der Waals surface area (Å²) in [5, 5.41) is 5.79. The predicted molar refractivity (Wildman–Crippen MR) is 60.4 cm³/mol. The van der Waals surface area contributed by atoms with Crippen LogP contribution >= 0.6 is 0 Å². The fraction of sp³-hybridized carbons (Fsp3) is 0.727. The van der Waals surface area contributed by atoms with Gasteiger partial charge < -0.3 is 15.4 Å². The number of rotatable bonds is 7. The van der Waals surface area contributed by atoms with Crippen LogP contribution in [0.15, 0.2) is 0 Å². The van der Waals surface area contributed by atoms with Crippen LogP contribution in [-0.4, -0.2) is 38.3 Å². The molecule has 0 spiro atoms. The second-order valence-electron chi connectivity index (χ2n) is 3.49. The molecule has 0 bridgehead atoms. The molecular formula is C11H20N2O2. The molecule has 2 unspecified atom stereocenters. The summed E-state index contributed by atoms with van der Waals surface area (Å²) < 4.78 is 4.95. The molecule has 2 atom stereocenters. The lowest BCUT2D eigenvalue weighted by molar-refractivity contribution is -0.122. The number of nitrogens with one attached hydrogen (secondary N) is 2. The van der Waals surface area contributed by atoms with Crippen molar-refractivity contribution in [1.29, 1.82) is 0 Å². The molecule has 1 amide bonds. The molecule has 0 saturated carbocycles. The Morgan fingerprint density at radius 2 is 2.20 bits per heavy atom. The first-order chi connectivity index (χ1) is 7.11. The summed E-state index contributed by atoms with van der Waals surface area (Å²) >= 11 is 0. The number of methoxy groups -OCH3 is 1. The Balaban J connectivity index is 3.75. The lowest BCUT2D eigenvalue weighted by Crippen LogP contribution is -2.46. The first-order valence-corrected chi connectivity index (χ1v) is 5.08. The van der Waals surface area contributed by atoms with E-state index >= 15 is 0 Å². The molecule has 4 heteroatoms. The first kappa shape index (κ1) is 13.9. The van der Waals surface area contributed by atoms with Crippen molar-refractivity contribution in [2.24, 2.45) is 0 Å². The molecule has 0 heterocycles. The monoisotopic (exact) mass is 212 g/mol. The van der Waals surface area contributed by atoms with Crippen LogP contribution in [0, 0.1) is 12.3 Å². The van der Waals surface area contributed by atoms with E-state index in [4.69, 9.17) is 11.2 Å². The van der Waals surface area contributed by atoms with Crippen molar-refractivity contribution < 1.29 is 9.53 Å². The normalized spacial score (nSPS) is 14.0. The van der Waals surface area contributed by atoms with Gasteiger partial charge in [0.15, 0.2) is 0 Å². The van der Waals surface area contributed by atoms with Crippen LogP contribution in [0.4, 0.5) is 0 Å². The highest BCUT2D eigenvalue weighted by atomic mass is 16.5. The van der Waals surface area contributed by atoms with Gasteiger partial charge in [0.2, 0.25) is 5.91 Å². The summed E-state index contributed by atoms with van der Waals surface area (Å²) in [4.78, 5) is 11.4. The second-order valence-corrected chi connectivity index (χ2v) is 3.49. The van der Waals surface area contributed by atoms with E-state index in [1.807, 2.05) is 13.8 Å². The van der Waals surface area contributed by atoms with Crippen LogP contribution in [0.3, 0.4) is 0 Å². The average molecular weight is 212 g/mol. The van der Waals surface area contributed by atoms with Crippen molar-refractivity contribution in [3.63, 3.8) is 0 Å². The molecular weight excluding hydrogens is 192 g/mol. The van der Waals surface area contributed by atoms with E-state index in [1.54, 1.807) is 7.11 Å². The molecule has 0 aromatic rings. The van der Waals surface area contributed by atoms with E-state index < -0.39 is 0 Å². The maximum Gasteiger partial charge on any atom is 0.237 e. The van der Waals surface area contributed by atoms with E-state index in [-0.39, 0.29) is 24.5 Å². The Kier molecular flexibility index (Phi) is 7.69. The Labute approximate surface area is 91.8 Å². The van der Waals surface area contributed by atoms with Crippen molar-refractivity contribution in [3.05, 3.63) is 0 Å². The quantitative estimate of drug-likeness (QED) is 0.590. The van der Waals surface area contributed by atoms with Gasteiger partial charge in [-0.1, -0.05) is 5.92 Å². The third-order valence-electron chi connectivity index (χ3n) is 2.05. The van der Waals surface area contributed by atoms with Crippen molar-refractivity contribution in [2.75, 3.05) is 20.3 Å². The molecule has 4 nitrogen and oxygen atoms in total. The van der Waals surface area contributed by atoms with Gasteiger partial charge in [-0.3, -0.25) is 4.79 Å². The van der Waals surface area contributed by atoms with Crippen LogP contribution in [-0.2, 0) is 9.53 Å². The molecule has 2 N–H and O–H groups in total. The second kappa shape index (κ2) is 8.27. The molecule has 0 rings (SSSR count). The highest BCUT2D eigenvalue weighted by Crippen LogP contribution is 1.93. The zero-order chi connectivity index (χ0) is 11.7. The van der Waals surface area contributed by atoms with E-state index in [0.29, 0.717) is 6.61 Å². The number of hydrogen-bond donors (Lipinski definition) is 2. The lowest BCUT2D eigenvalue weighted by atomic mass is 10.2. The largest absolute Gasteiger partial charge is 0.385 e. The van der Waals surface area contributed by atoms with Crippen LogP contribution in [0.1, 0.15) is 20.3 Å². The summed E-state index contributed by atoms with van der Waals surface area (Å²) in [6, 6.07) is 0.0155. The van der Waals surface area contributed by atoms with Gasteiger partial charge in [0.1, 0.15) is 0 Å². The Bertz CT molecular complexity index is 223. The maximum atomic E-state index is 11.4. The van der Waals surface area contributed by atoms with Crippen molar-refractivity contribution in [1.82, 2.24) is 10.6 Å². The minimum atomic E-state index is -0.231. The predicted octanol–water partition coefficient (Wildman–Crippen LogP) is 0.139. The summed E-state index contributed by atoms with van der Waals surface area (Å²) in [7, 11) is 1.66. The van der Waals surface area contributed by atoms with E-state index in [0.717, 1.165) is 6.42 Å². The standard InChI is InChI=1S/C11H20N2O2/c1-5-7-12-11(14)10(3)13-9(2)6-8-15-4/h1,9-10,13H,6-8H2,2-4H3,(H,12,14). The van der Waals surface area contributed by atoms with Gasteiger partial charge >= 0.3 is 0 Å².